The monoisotopic (exact) mass is 676 g/mol. The summed E-state index contributed by atoms with van der Waals surface area (Å²) >= 11 is 0. The van der Waals surface area contributed by atoms with Crippen molar-refractivity contribution in [2.24, 2.45) is 0 Å². The van der Waals surface area contributed by atoms with Gasteiger partial charge in [0.05, 0.1) is 25.4 Å². The van der Waals surface area contributed by atoms with Gasteiger partial charge in [-0.15, -0.1) is 0 Å². The molecule has 0 saturated heterocycles. The number of benzene rings is 6. The third-order valence-electron chi connectivity index (χ3n) is 8.91. The predicted molar refractivity (Wildman–Crippen MR) is 209 cm³/mol. The van der Waals surface area contributed by atoms with Crippen molar-refractivity contribution in [3.63, 3.8) is 0 Å². The first-order chi connectivity index (χ1) is 25.6. The number of hydrogen-bond donors (Lipinski definition) is 0. The maximum Gasteiger partial charge on any atom is 0.196 e. The zero-order valence-electron chi connectivity index (χ0n) is 29.0. The van der Waals surface area contributed by atoms with Gasteiger partial charge in [0.25, 0.3) is 0 Å². The summed E-state index contributed by atoms with van der Waals surface area (Å²) in [5.74, 6) is 8.94. The summed E-state index contributed by atoms with van der Waals surface area (Å²) in [6, 6.07) is 55.1. The van der Waals surface area contributed by atoms with E-state index < -0.39 is 5.92 Å². The van der Waals surface area contributed by atoms with Gasteiger partial charge in [0.15, 0.2) is 5.78 Å². The Bertz CT molecular complexity index is 2310. The Hall–Kier alpha value is -6.83. The molecule has 4 nitrogen and oxygen atoms in total. The van der Waals surface area contributed by atoms with Gasteiger partial charge in [-0.25, -0.2) is 0 Å². The van der Waals surface area contributed by atoms with Crippen molar-refractivity contribution < 1.29 is 19.0 Å². The zero-order chi connectivity index (χ0) is 35.7. The van der Waals surface area contributed by atoms with Crippen LogP contribution in [0.1, 0.15) is 44.1 Å². The van der Waals surface area contributed by atoms with Crippen molar-refractivity contribution in [2.75, 3.05) is 14.2 Å². The van der Waals surface area contributed by atoms with Gasteiger partial charge in [0.1, 0.15) is 23.0 Å². The van der Waals surface area contributed by atoms with E-state index in [1.165, 1.54) is 0 Å². The lowest BCUT2D eigenvalue weighted by Gasteiger charge is -2.33. The summed E-state index contributed by atoms with van der Waals surface area (Å²) in [5.41, 5.74) is 7.01. The van der Waals surface area contributed by atoms with E-state index in [2.05, 4.69) is 24.0 Å². The van der Waals surface area contributed by atoms with Gasteiger partial charge in [0.2, 0.25) is 0 Å². The number of carbonyl (C=O) groups is 1. The first kappa shape index (κ1) is 33.7. The van der Waals surface area contributed by atoms with Crippen molar-refractivity contribution in [2.45, 2.75) is 5.92 Å². The fraction of sp³-hybridized carbons (Fsp3) is 0.0625. The topological polar surface area (TPSA) is 44.8 Å². The highest BCUT2D eigenvalue weighted by molar-refractivity contribution is 6.16. The molecule has 52 heavy (non-hydrogen) atoms. The molecule has 0 unspecified atom stereocenters. The number of allylic oxidation sites excluding steroid dienone is 3. The van der Waals surface area contributed by atoms with Crippen LogP contribution in [0.25, 0.3) is 17.4 Å². The number of methoxy groups -OCH3 is 2. The lowest BCUT2D eigenvalue weighted by atomic mass is 9.76. The third kappa shape index (κ3) is 7.35. The Morgan fingerprint density at radius 2 is 1.13 bits per heavy atom. The van der Waals surface area contributed by atoms with E-state index in [0.717, 1.165) is 50.5 Å². The lowest BCUT2D eigenvalue weighted by Crippen LogP contribution is -2.20. The zero-order valence-corrected chi connectivity index (χ0v) is 29.0. The number of hydrogen-bond acceptors (Lipinski definition) is 4. The molecule has 0 N–H and O–H groups in total. The molecule has 6 aromatic carbocycles. The molecular weight excluding hydrogens is 641 g/mol. The minimum absolute atomic E-state index is 0.155. The number of ether oxygens (including phenoxy) is 3. The highest BCUT2D eigenvalue weighted by atomic mass is 16.5. The Morgan fingerprint density at radius 1 is 0.596 bits per heavy atom. The number of ketones is 1. The smallest absolute Gasteiger partial charge is 0.196 e. The molecule has 1 aliphatic heterocycles. The standard InChI is InChI=1S/C48H36O4/c1-50-40-28-23-34(24-29-40)25-32-42-44(36-17-9-4-10-18-36)45(37-26-30-41(51-2)31-27-37)48(52-47(42)39-21-13-6-14-22-39)43(33-35-15-7-3-8-16-35)46(49)38-19-11-5-12-20-38/h3-24,26-31,33,44H,1-2H3/b43-33-/t44-/m0/s1. The molecule has 0 saturated carbocycles. The Balaban J connectivity index is 1.56. The number of rotatable bonds is 9. The van der Waals surface area contributed by atoms with Crippen LogP contribution in [0.5, 0.6) is 11.5 Å². The number of Topliss-reactive ketones (excluding diaryl/α,β-unsaturated/α-hetero) is 1. The Kier molecular flexibility index (Phi) is 10.2. The Labute approximate surface area is 305 Å². The second-order valence-corrected chi connectivity index (χ2v) is 12.2. The first-order valence-corrected chi connectivity index (χ1v) is 17.1. The minimum Gasteiger partial charge on any atom is -0.497 e. The molecule has 0 aliphatic carbocycles. The van der Waals surface area contributed by atoms with E-state index in [1.54, 1.807) is 14.2 Å². The van der Waals surface area contributed by atoms with Crippen LogP contribution in [-0.4, -0.2) is 20.0 Å². The van der Waals surface area contributed by atoms with Gasteiger partial charge in [-0.2, -0.15) is 0 Å². The highest BCUT2D eigenvalue weighted by Gasteiger charge is 2.37. The molecule has 0 amide bonds. The van der Waals surface area contributed by atoms with Gasteiger partial charge >= 0.3 is 0 Å². The maximum atomic E-state index is 14.8. The van der Waals surface area contributed by atoms with Gasteiger partial charge in [0, 0.05) is 28.2 Å². The van der Waals surface area contributed by atoms with Gasteiger partial charge in [-0.3, -0.25) is 4.79 Å². The lowest BCUT2D eigenvalue weighted by molar-refractivity contribution is 0.103. The average Bonchev–Trinajstić information content (AvgIpc) is 3.23. The van der Waals surface area contributed by atoms with Crippen molar-refractivity contribution in [1.82, 2.24) is 0 Å². The van der Waals surface area contributed by atoms with Crippen LogP contribution in [0, 0.1) is 11.8 Å². The summed E-state index contributed by atoms with van der Waals surface area (Å²) in [6.07, 6.45) is 1.92. The quantitative estimate of drug-likeness (QED) is 0.0869. The molecule has 6 aromatic rings. The third-order valence-corrected chi connectivity index (χ3v) is 8.91. The van der Waals surface area contributed by atoms with Crippen LogP contribution in [0.2, 0.25) is 0 Å². The second kappa shape index (κ2) is 15.8. The predicted octanol–water partition coefficient (Wildman–Crippen LogP) is 10.7. The fourth-order valence-electron chi connectivity index (χ4n) is 6.31. The van der Waals surface area contributed by atoms with Gasteiger partial charge in [-0.05, 0) is 59.2 Å². The van der Waals surface area contributed by atoms with E-state index in [1.807, 2.05) is 164 Å². The van der Waals surface area contributed by atoms with Crippen LogP contribution in [-0.2, 0) is 4.74 Å². The molecule has 7 rings (SSSR count). The average molecular weight is 677 g/mol. The molecule has 252 valence electrons. The molecule has 0 fully saturated rings. The molecular formula is C48H36O4. The summed E-state index contributed by atoms with van der Waals surface area (Å²) in [5, 5.41) is 0. The largest absolute Gasteiger partial charge is 0.497 e. The van der Waals surface area contributed by atoms with E-state index in [0.29, 0.717) is 22.7 Å². The molecule has 1 aliphatic rings. The SMILES string of the molecule is COc1ccc(C#CC2=C(c3ccccc3)OC(/C(=C\c3ccccc3)C(=O)c3ccccc3)=C(c3ccc(OC)cc3)[C@H]2c2ccccc2)cc1. The summed E-state index contributed by atoms with van der Waals surface area (Å²) in [7, 11) is 3.30. The van der Waals surface area contributed by atoms with Crippen LogP contribution in [0.3, 0.4) is 0 Å². The normalized spacial score (nSPS) is 14.2. The second-order valence-electron chi connectivity index (χ2n) is 12.2. The molecule has 0 bridgehead atoms. The van der Waals surface area contributed by atoms with E-state index in [4.69, 9.17) is 14.2 Å². The van der Waals surface area contributed by atoms with E-state index >= 15 is 0 Å². The van der Waals surface area contributed by atoms with Gasteiger partial charge < -0.3 is 14.2 Å². The van der Waals surface area contributed by atoms with E-state index in [-0.39, 0.29) is 5.78 Å². The van der Waals surface area contributed by atoms with Crippen molar-refractivity contribution >= 4 is 23.2 Å². The highest BCUT2D eigenvalue weighted by Crippen LogP contribution is 2.50. The summed E-state index contributed by atoms with van der Waals surface area (Å²) in [6.45, 7) is 0. The fourth-order valence-corrected chi connectivity index (χ4v) is 6.31. The molecule has 0 spiro atoms. The minimum atomic E-state index is -0.415. The van der Waals surface area contributed by atoms with Crippen LogP contribution in [0.4, 0.5) is 0 Å². The molecule has 0 radical (unpaired) electrons. The summed E-state index contributed by atoms with van der Waals surface area (Å²) in [4.78, 5) is 14.8. The summed E-state index contributed by atoms with van der Waals surface area (Å²) < 4.78 is 18.1. The maximum absolute atomic E-state index is 14.8. The van der Waals surface area contributed by atoms with Crippen molar-refractivity contribution in [1.29, 1.82) is 0 Å². The van der Waals surface area contributed by atoms with Crippen LogP contribution < -0.4 is 9.47 Å². The Morgan fingerprint density at radius 3 is 1.73 bits per heavy atom. The molecule has 0 aromatic heterocycles. The van der Waals surface area contributed by atoms with Crippen molar-refractivity contribution in [3.8, 4) is 23.3 Å². The van der Waals surface area contributed by atoms with Gasteiger partial charge in [-0.1, -0.05) is 145 Å². The first-order valence-electron chi connectivity index (χ1n) is 17.1. The molecule has 1 heterocycles. The molecule has 4 heteroatoms. The van der Waals surface area contributed by atoms with Crippen LogP contribution in [0.15, 0.2) is 187 Å². The van der Waals surface area contributed by atoms with Crippen molar-refractivity contribution in [3.05, 3.63) is 220 Å². The number of carbonyl (C=O) groups excluding carboxylic acids is 1. The molecule has 1 atom stereocenters. The van der Waals surface area contributed by atoms with E-state index in [9.17, 15) is 4.79 Å². The van der Waals surface area contributed by atoms with Crippen LogP contribution >= 0.6 is 0 Å².